The summed E-state index contributed by atoms with van der Waals surface area (Å²) in [5.41, 5.74) is -0.352. The quantitative estimate of drug-likeness (QED) is 0.839. The number of rotatable bonds is 3. The Morgan fingerprint density at radius 3 is 2.70 bits per heavy atom. The topological polar surface area (TPSA) is 46.6 Å². The summed E-state index contributed by atoms with van der Waals surface area (Å²) < 4.78 is 19.1. The van der Waals surface area contributed by atoms with E-state index in [0.29, 0.717) is 19.5 Å². The largest absolute Gasteiger partial charge is 0.444 e. The van der Waals surface area contributed by atoms with Crippen molar-refractivity contribution in [2.45, 2.75) is 39.2 Å². The van der Waals surface area contributed by atoms with Crippen molar-refractivity contribution in [3.63, 3.8) is 0 Å². The molecule has 0 radical (unpaired) electrons. The normalized spacial score (nSPS) is 18.1. The highest BCUT2D eigenvalue weighted by Gasteiger charge is 2.33. The number of hydrogen-bond donors (Lipinski definition) is 0. The standard InChI is InChI=1S/C17H21ClFNO3/c1-17(2,3)23-16(22)20-8-7-11(10-20)15(21)9-12-13(18)5-4-6-14(12)19/h4-6,11H,7-10H2,1-3H3. The first-order valence-corrected chi connectivity index (χ1v) is 7.98. The van der Waals surface area contributed by atoms with Crippen molar-refractivity contribution in [1.29, 1.82) is 0 Å². The Bertz CT molecular complexity index is 592. The van der Waals surface area contributed by atoms with Crippen LogP contribution in [-0.4, -0.2) is 35.5 Å². The highest BCUT2D eigenvalue weighted by molar-refractivity contribution is 6.31. The number of nitrogens with zero attached hydrogens (tertiary/aromatic N) is 1. The van der Waals surface area contributed by atoms with Gasteiger partial charge < -0.3 is 9.64 Å². The number of ketones is 1. The third-order valence-electron chi connectivity index (χ3n) is 3.71. The minimum absolute atomic E-state index is 0.0572. The third-order valence-corrected chi connectivity index (χ3v) is 4.06. The minimum Gasteiger partial charge on any atom is -0.444 e. The van der Waals surface area contributed by atoms with Crippen molar-refractivity contribution >= 4 is 23.5 Å². The second kappa shape index (κ2) is 6.87. The number of halogens is 2. The monoisotopic (exact) mass is 341 g/mol. The Kier molecular flexibility index (Phi) is 5.30. The zero-order chi connectivity index (χ0) is 17.2. The van der Waals surface area contributed by atoms with Crippen LogP contribution in [0.4, 0.5) is 9.18 Å². The number of hydrogen-bond acceptors (Lipinski definition) is 3. The summed E-state index contributed by atoms with van der Waals surface area (Å²) in [6.07, 6.45) is 0.0828. The van der Waals surface area contributed by atoms with Crippen LogP contribution in [0.5, 0.6) is 0 Å². The van der Waals surface area contributed by atoms with E-state index in [-0.39, 0.29) is 28.7 Å². The predicted octanol–water partition coefficient (Wildman–Crippen LogP) is 3.85. The molecule has 126 valence electrons. The van der Waals surface area contributed by atoms with Crippen LogP contribution in [0.3, 0.4) is 0 Å². The molecule has 1 aromatic rings. The van der Waals surface area contributed by atoms with Crippen LogP contribution in [0.25, 0.3) is 0 Å². The Morgan fingerprint density at radius 1 is 1.39 bits per heavy atom. The molecule has 0 aliphatic carbocycles. The Morgan fingerprint density at radius 2 is 2.09 bits per heavy atom. The van der Waals surface area contributed by atoms with E-state index < -0.39 is 17.5 Å². The second-order valence-corrected chi connectivity index (χ2v) is 7.16. The second-order valence-electron chi connectivity index (χ2n) is 6.76. The smallest absolute Gasteiger partial charge is 0.410 e. The maximum absolute atomic E-state index is 13.8. The molecule has 1 amide bonds. The Hall–Kier alpha value is -1.62. The average molecular weight is 342 g/mol. The molecule has 0 spiro atoms. The molecule has 1 saturated heterocycles. The van der Waals surface area contributed by atoms with E-state index in [9.17, 15) is 14.0 Å². The zero-order valence-electron chi connectivity index (χ0n) is 13.6. The van der Waals surface area contributed by atoms with Gasteiger partial charge in [0, 0.05) is 36.0 Å². The summed E-state index contributed by atoms with van der Waals surface area (Å²) in [4.78, 5) is 25.9. The fourth-order valence-electron chi connectivity index (χ4n) is 2.54. The van der Waals surface area contributed by atoms with Gasteiger partial charge in [0.05, 0.1) is 0 Å². The summed E-state index contributed by atoms with van der Waals surface area (Å²) in [6, 6.07) is 4.36. The number of carbonyl (C=O) groups excluding carboxylic acids is 2. The first kappa shape index (κ1) is 17.7. The van der Waals surface area contributed by atoms with Gasteiger partial charge in [-0.05, 0) is 39.3 Å². The SMILES string of the molecule is CC(C)(C)OC(=O)N1CCC(C(=O)Cc2c(F)cccc2Cl)C1. The molecular weight excluding hydrogens is 321 g/mol. The lowest BCUT2D eigenvalue weighted by molar-refractivity contribution is -0.121. The molecule has 4 nitrogen and oxygen atoms in total. The molecule has 1 fully saturated rings. The molecule has 23 heavy (non-hydrogen) atoms. The average Bonchev–Trinajstić information content (AvgIpc) is 2.91. The van der Waals surface area contributed by atoms with E-state index in [1.165, 1.54) is 17.0 Å². The Labute approximate surface area is 140 Å². The Balaban J connectivity index is 1.96. The third kappa shape index (κ3) is 4.67. The molecule has 2 rings (SSSR count). The molecule has 6 heteroatoms. The van der Waals surface area contributed by atoms with Gasteiger partial charge in [0.1, 0.15) is 17.2 Å². The molecule has 1 aromatic carbocycles. The molecule has 1 atom stereocenters. The van der Waals surface area contributed by atoms with E-state index in [1.807, 2.05) is 0 Å². The first-order valence-electron chi connectivity index (χ1n) is 7.61. The van der Waals surface area contributed by atoms with Gasteiger partial charge in [0.2, 0.25) is 0 Å². The van der Waals surface area contributed by atoms with Crippen molar-refractivity contribution in [2.24, 2.45) is 5.92 Å². The number of ether oxygens (including phenoxy) is 1. The van der Waals surface area contributed by atoms with E-state index in [1.54, 1.807) is 26.8 Å². The van der Waals surface area contributed by atoms with E-state index in [2.05, 4.69) is 0 Å². The van der Waals surface area contributed by atoms with Crippen LogP contribution in [-0.2, 0) is 16.0 Å². The van der Waals surface area contributed by atoms with Crippen LogP contribution >= 0.6 is 11.6 Å². The van der Waals surface area contributed by atoms with Crippen molar-refractivity contribution in [2.75, 3.05) is 13.1 Å². The molecule has 1 unspecified atom stereocenters. The van der Waals surface area contributed by atoms with Crippen molar-refractivity contribution in [3.8, 4) is 0 Å². The van der Waals surface area contributed by atoms with Crippen LogP contribution < -0.4 is 0 Å². The van der Waals surface area contributed by atoms with Gasteiger partial charge >= 0.3 is 6.09 Å². The van der Waals surface area contributed by atoms with E-state index in [0.717, 1.165) is 0 Å². The van der Waals surface area contributed by atoms with E-state index >= 15 is 0 Å². The molecule has 0 aromatic heterocycles. The summed E-state index contributed by atoms with van der Waals surface area (Å²) >= 11 is 5.96. The van der Waals surface area contributed by atoms with Gasteiger partial charge in [0.15, 0.2) is 0 Å². The number of carbonyl (C=O) groups is 2. The summed E-state index contributed by atoms with van der Waals surface area (Å²) in [6.45, 7) is 6.16. The lowest BCUT2D eigenvalue weighted by Gasteiger charge is -2.24. The highest BCUT2D eigenvalue weighted by Crippen LogP contribution is 2.25. The fourth-order valence-corrected chi connectivity index (χ4v) is 2.76. The first-order chi connectivity index (χ1) is 10.7. The number of likely N-dealkylation sites (tertiary alicyclic amines) is 1. The van der Waals surface area contributed by atoms with Crippen molar-refractivity contribution in [1.82, 2.24) is 4.90 Å². The fraction of sp³-hybridized carbons (Fsp3) is 0.529. The summed E-state index contributed by atoms with van der Waals surface area (Å²) in [5, 5.41) is 0.250. The zero-order valence-corrected chi connectivity index (χ0v) is 14.3. The molecule has 1 aliphatic rings. The molecule has 0 N–H and O–H groups in total. The summed E-state index contributed by atoms with van der Waals surface area (Å²) in [7, 11) is 0. The van der Waals surface area contributed by atoms with Crippen LogP contribution in [0.2, 0.25) is 5.02 Å². The number of amides is 1. The highest BCUT2D eigenvalue weighted by atomic mass is 35.5. The lowest BCUT2D eigenvalue weighted by Crippen LogP contribution is -2.36. The van der Waals surface area contributed by atoms with Gasteiger partial charge in [-0.15, -0.1) is 0 Å². The number of benzene rings is 1. The molecule has 0 bridgehead atoms. The van der Waals surface area contributed by atoms with Crippen molar-refractivity contribution < 1.29 is 18.7 Å². The number of Topliss-reactive ketones (excluding diaryl/α,β-unsaturated/α-hetero) is 1. The van der Waals surface area contributed by atoms with Crippen molar-refractivity contribution in [3.05, 3.63) is 34.6 Å². The van der Waals surface area contributed by atoms with Crippen LogP contribution in [0, 0.1) is 11.7 Å². The van der Waals surface area contributed by atoms with Crippen LogP contribution in [0.15, 0.2) is 18.2 Å². The van der Waals surface area contributed by atoms with Gasteiger partial charge in [-0.2, -0.15) is 0 Å². The predicted molar refractivity (Wildman–Crippen MR) is 86.0 cm³/mol. The lowest BCUT2D eigenvalue weighted by atomic mass is 9.97. The molecule has 0 saturated carbocycles. The van der Waals surface area contributed by atoms with Gasteiger partial charge in [-0.3, -0.25) is 4.79 Å². The summed E-state index contributed by atoms with van der Waals surface area (Å²) in [5.74, 6) is -0.894. The maximum atomic E-state index is 13.8. The molecule has 1 heterocycles. The van der Waals surface area contributed by atoms with Crippen LogP contribution in [0.1, 0.15) is 32.8 Å². The molecule has 1 aliphatic heterocycles. The van der Waals surface area contributed by atoms with Gasteiger partial charge in [0.25, 0.3) is 0 Å². The van der Waals surface area contributed by atoms with Gasteiger partial charge in [-0.1, -0.05) is 17.7 Å². The van der Waals surface area contributed by atoms with E-state index in [4.69, 9.17) is 16.3 Å². The maximum Gasteiger partial charge on any atom is 0.410 e. The minimum atomic E-state index is -0.570. The van der Waals surface area contributed by atoms with Gasteiger partial charge in [-0.25, -0.2) is 9.18 Å². The molecular formula is C17H21ClFNO3.